The van der Waals surface area contributed by atoms with Gasteiger partial charge in [0.05, 0.1) is 5.52 Å². The molecule has 1 heterocycles. The maximum Gasteiger partial charge on any atom is 0.191 e. The number of nitrogens with one attached hydrogen (secondary N) is 2. The molecular weight excluding hydrogens is 296 g/mol. The standard InChI is InChI=1S/C20H26N4/c1-21-20(23-14-12-16-7-3-2-4-8-16)24-15-18-10-5-9-17-11-6-13-22-19(17)18/h5-7,9-11,13H,2-4,8,12,14-15H2,1H3,(H2,21,23,24). The van der Waals surface area contributed by atoms with Gasteiger partial charge in [-0.15, -0.1) is 0 Å². The zero-order chi connectivity index (χ0) is 16.6. The second-order valence-corrected chi connectivity index (χ2v) is 6.20. The maximum atomic E-state index is 4.50. The Hall–Kier alpha value is -2.36. The molecule has 0 fully saturated rings. The van der Waals surface area contributed by atoms with Crippen molar-refractivity contribution in [1.29, 1.82) is 0 Å². The highest BCUT2D eigenvalue weighted by molar-refractivity contribution is 5.83. The Morgan fingerprint density at radius 2 is 2.08 bits per heavy atom. The number of aliphatic imine (C=N–C) groups is 1. The monoisotopic (exact) mass is 322 g/mol. The molecule has 0 aliphatic heterocycles. The lowest BCUT2D eigenvalue weighted by Gasteiger charge is -2.15. The molecule has 1 aliphatic carbocycles. The van der Waals surface area contributed by atoms with Gasteiger partial charge in [0.2, 0.25) is 0 Å². The van der Waals surface area contributed by atoms with Crippen LogP contribution in [0.5, 0.6) is 0 Å². The minimum atomic E-state index is 0.719. The Labute approximate surface area is 144 Å². The predicted octanol–water partition coefficient (Wildman–Crippen LogP) is 3.79. The van der Waals surface area contributed by atoms with Gasteiger partial charge in [0.25, 0.3) is 0 Å². The summed E-state index contributed by atoms with van der Waals surface area (Å²) < 4.78 is 0. The van der Waals surface area contributed by atoms with Crippen molar-refractivity contribution in [2.75, 3.05) is 13.6 Å². The van der Waals surface area contributed by atoms with Crippen LogP contribution >= 0.6 is 0 Å². The average molecular weight is 322 g/mol. The van der Waals surface area contributed by atoms with Gasteiger partial charge in [-0.3, -0.25) is 9.98 Å². The number of guanidine groups is 1. The Morgan fingerprint density at radius 3 is 2.92 bits per heavy atom. The van der Waals surface area contributed by atoms with Crippen molar-refractivity contribution < 1.29 is 0 Å². The fraction of sp³-hybridized carbons (Fsp3) is 0.400. The third kappa shape index (κ3) is 4.34. The van der Waals surface area contributed by atoms with E-state index in [-0.39, 0.29) is 0 Å². The van der Waals surface area contributed by atoms with E-state index in [0.717, 1.165) is 31.0 Å². The third-order valence-electron chi connectivity index (χ3n) is 4.51. The van der Waals surface area contributed by atoms with E-state index in [4.69, 9.17) is 0 Å². The summed E-state index contributed by atoms with van der Waals surface area (Å²) in [7, 11) is 1.82. The van der Waals surface area contributed by atoms with E-state index in [1.165, 1.54) is 36.6 Å². The highest BCUT2D eigenvalue weighted by atomic mass is 15.2. The van der Waals surface area contributed by atoms with Crippen LogP contribution in [0, 0.1) is 0 Å². The highest BCUT2D eigenvalue weighted by Crippen LogP contribution is 2.19. The molecule has 0 radical (unpaired) electrons. The quantitative estimate of drug-likeness (QED) is 0.500. The van der Waals surface area contributed by atoms with Crippen molar-refractivity contribution in [3.63, 3.8) is 0 Å². The second kappa shape index (κ2) is 8.48. The van der Waals surface area contributed by atoms with Crippen molar-refractivity contribution in [3.8, 4) is 0 Å². The Balaban J connectivity index is 1.53. The van der Waals surface area contributed by atoms with Gasteiger partial charge in [-0.1, -0.05) is 35.9 Å². The first kappa shape index (κ1) is 16.5. The van der Waals surface area contributed by atoms with E-state index in [9.17, 15) is 0 Å². The number of fused-ring (bicyclic) bond motifs is 1. The van der Waals surface area contributed by atoms with E-state index in [1.807, 2.05) is 19.3 Å². The minimum absolute atomic E-state index is 0.719. The van der Waals surface area contributed by atoms with Crippen molar-refractivity contribution in [3.05, 3.63) is 53.7 Å². The highest BCUT2D eigenvalue weighted by Gasteiger charge is 2.05. The zero-order valence-electron chi connectivity index (χ0n) is 14.4. The normalized spacial score (nSPS) is 15.2. The Bertz CT molecular complexity index is 728. The number of para-hydroxylation sites is 1. The molecule has 1 aromatic heterocycles. The summed E-state index contributed by atoms with van der Waals surface area (Å²) in [5.41, 5.74) is 3.82. The van der Waals surface area contributed by atoms with Crippen LogP contribution in [-0.2, 0) is 6.54 Å². The van der Waals surface area contributed by atoms with Crippen LogP contribution in [-0.4, -0.2) is 24.5 Å². The van der Waals surface area contributed by atoms with Gasteiger partial charge in [-0.2, -0.15) is 0 Å². The van der Waals surface area contributed by atoms with Gasteiger partial charge in [0, 0.05) is 31.7 Å². The number of aromatic nitrogens is 1. The van der Waals surface area contributed by atoms with Crippen molar-refractivity contribution >= 4 is 16.9 Å². The predicted molar refractivity (Wildman–Crippen MR) is 101 cm³/mol. The first-order valence-corrected chi connectivity index (χ1v) is 8.82. The van der Waals surface area contributed by atoms with Gasteiger partial charge in [0.15, 0.2) is 5.96 Å². The number of rotatable bonds is 5. The van der Waals surface area contributed by atoms with E-state index in [1.54, 1.807) is 5.57 Å². The minimum Gasteiger partial charge on any atom is -0.356 e. The van der Waals surface area contributed by atoms with Gasteiger partial charge >= 0.3 is 0 Å². The SMILES string of the molecule is CN=C(NCCC1=CCCCC1)NCc1cccc2cccnc12. The van der Waals surface area contributed by atoms with Gasteiger partial charge in [-0.05, 0) is 43.7 Å². The molecule has 126 valence electrons. The number of allylic oxidation sites excluding steroid dienone is 1. The molecule has 0 saturated heterocycles. The summed E-state index contributed by atoms with van der Waals surface area (Å²) in [6.45, 7) is 1.65. The molecule has 1 aliphatic rings. The number of nitrogens with zero attached hydrogens (tertiary/aromatic N) is 2. The lowest BCUT2D eigenvalue weighted by atomic mass is 9.97. The fourth-order valence-corrected chi connectivity index (χ4v) is 3.18. The molecule has 0 atom stereocenters. The summed E-state index contributed by atoms with van der Waals surface area (Å²) in [4.78, 5) is 8.82. The third-order valence-corrected chi connectivity index (χ3v) is 4.51. The van der Waals surface area contributed by atoms with Crippen LogP contribution in [0.1, 0.15) is 37.7 Å². The van der Waals surface area contributed by atoms with Gasteiger partial charge < -0.3 is 10.6 Å². The summed E-state index contributed by atoms with van der Waals surface area (Å²) >= 11 is 0. The largest absolute Gasteiger partial charge is 0.356 e. The number of pyridine rings is 1. The van der Waals surface area contributed by atoms with Crippen LogP contribution in [0.2, 0.25) is 0 Å². The van der Waals surface area contributed by atoms with Crippen molar-refractivity contribution in [1.82, 2.24) is 15.6 Å². The fourth-order valence-electron chi connectivity index (χ4n) is 3.18. The average Bonchev–Trinajstić information content (AvgIpc) is 2.65. The van der Waals surface area contributed by atoms with Crippen molar-refractivity contribution in [2.45, 2.75) is 38.6 Å². The smallest absolute Gasteiger partial charge is 0.191 e. The molecule has 3 rings (SSSR count). The Kier molecular flexibility index (Phi) is 5.83. The molecular formula is C20H26N4. The molecule has 0 unspecified atom stereocenters. The lowest BCUT2D eigenvalue weighted by molar-refractivity contribution is 0.665. The molecule has 2 N–H and O–H groups in total. The lowest BCUT2D eigenvalue weighted by Crippen LogP contribution is -2.37. The Morgan fingerprint density at radius 1 is 1.17 bits per heavy atom. The molecule has 4 heteroatoms. The van der Waals surface area contributed by atoms with E-state index >= 15 is 0 Å². The number of hydrogen-bond donors (Lipinski definition) is 2. The van der Waals surface area contributed by atoms with Gasteiger partial charge in [0.1, 0.15) is 0 Å². The zero-order valence-corrected chi connectivity index (χ0v) is 14.4. The van der Waals surface area contributed by atoms with Crippen molar-refractivity contribution in [2.24, 2.45) is 4.99 Å². The molecule has 0 bridgehead atoms. The molecule has 0 saturated carbocycles. The number of benzene rings is 1. The van der Waals surface area contributed by atoms with E-state index in [0.29, 0.717) is 0 Å². The molecule has 0 spiro atoms. The first-order valence-electron chi connectivity index (χ1n) is 8.82. The van der Waals surface area contributed by atoms with Crippen LogP contribution in [0.15, 0.2) is 53.2 Å². The van der Waals surface area contributed by atoms with E-state index < -0.39 is 0 Å². The van der Waals surface area contributed by atoms with Crippen LogP contribution in [0.3, 0.4) is 0 Å². The molecule has 2 aromatic rings. The van der Waals surface area contributed by atoms with Gasteiger partial charge in [-0.25, -0.2) is 0 Å². The maximum absolute atomic E-state index is 4.50. The molecule has 4 nitrogen and oxygen atoms in total. The van der Waals surface area contributed by atoms with Crippen LogP contribution in [0.25, 0.3) is 10.9 Å². The molecule has 0 amide bonds. The molecule has 1 aromatic carbocycles. The summed E-state index contributed by atoms with van der Waals surface area (Å²) in [6.07, 6.45) is 10.5. The molecule has 24 heavy (non-hydrogen) atoms. The first-order chi connectivity index (χ1) is 11.9. The second-order valence-electron chi connectivity index (χ2n) is 6.20. The summed E-state index contributed by atoms with van der Waals surface area (Å²) in [6, 6.07) is 10.3. The van der Waals surface area contributed by atoms with Crippen LogP contribution < -0.4 is 10.6 Å². The summed E-state index contributed by atoms with van der Waals surface area (Å²) in [5, 5.41) is 7.98. The topological polar surface area (TPSA) is 49.3 Å². The number of hydrogen-bond acceptors (Lipinski definition) is 2. The van der Waals surface area contributed by atoms with E-state index in [2.05, 4.69) is 51.0 Å². The van der Waals surface area contributed by atoms with Crippen LogP contribution in [0.4, 0.5) is 0 Å². The summed E-state index contributed by atoms with van der Waals surface area (Å²) in [5.74, 6) is 0.847.